The van der Waals surface area contributed by atoms with Crippen LogP contribution in [-0.2, 0) is 9.59 Å². The maximum Gasteiger partial charge on any atom is 0.331 e. The summed E-state index contributed by atoms with van der Waals surface area (Å²) in [6.07, 6.45) is 0.107. The lowest BCUT2D eigenvalue weighted by Crippen LogP contribution is -2.34. The first kappa shape index (κ1) is 13.4. The van der Waals surface area contributed by atoms with Crippen LogP contribution >= 0.6 is 11.6 Å². The van der Waals surface area contributed by atoms with Crippen molar-refractivity contribution in [1.29, 1.82) is 0 Å². The van der Waals surface area contributed by atoms with Crippen LogP contribution in [-0.4, -0.2) is 17.0 Å². The molecule has 0 heterocycles. The first-order valence-electron chi connectivity index (χ1n) is 4.93. The predicted octanol–water partition coefficient (Wildman–Crippen LogP) is 2.13. The van der Waals surface area contributed by atoms with Crippen LogP contribution < -0.4 is 5.32 Å². The molecular weight excluding hydrogens is 249 g/mol. The molecule has 6 heteroatoms. The van der Waals surface area contributed by atoms with Crippen LogP contribution in [0.1, 0.15) is 24.9 Å². The Morgan fingerprint density at radius 3 is 2.65 bits per heavy atom. The number of carbonyl (C=O) groups is 2. The van der Waals surface area contributed by atoms with Crippen molar-refractivity contribution in [3.05, 3.63) is 34.6 Å². The normalized spacial score (nSPS) is 11.9. The van der Waals surface area contributed by atoms with E-state index in [1.165, 1.54) is 12.1 Å². The second-order valence-corrected chi connectivity index (χ2v) is 3.73. The quantitative estimate of drug-likeness (QED) is 0.870. The number of carboxylic acid groups (broad SMARTS) is 1. The Morgan fingerprint density at radius 2 is 2.18 bits per heavy atom. The Balaban J connectivity index is 3.14. The molecule has 1 aromatic rings. The van der Waals surface area contributed by atoms with Crippen LogP contribution in [0, 0.1) is 5.82 Å². The third kappa shape index (κ3) is 3.17. The maximum absolute atomic E-state index is 13.5. The van der Waals surface area contributed by atoms with E-state index in [1.54, 1.807) is 6.92 Å². The zero-order valence-corrected chi connectivity index (χ0v) is 9.79. The Morgan fingerprint density at radius 1 is 1.53 bits per heavy atom. The minimum absolute atomic E-state index is 0.0335. The van der Waals surface area contributed by atoms with E-state index in [-0.39, 0.29) is 17.0 Å². The monoisotopic (exact) mass is 259 g/mol. The van der Waals surface area contributed by atoms with Gasteiger partial charge in [0, 0.05) is 17.0 Å². The molecular formula is C11H11ClFNO3. The van der Waals surface area contributed by atoms with Crippen LogP contribution in [0.2, 0.25) is 5.02 Å². The Labute approximate surface area is 102 Å². The summed E-state index contributed by atoms with van der Waals surface area (Å²) in [5.74, 6) is -2.61. The number of hydrogen-bond donors (Lipinski definition) is 2. The summed E-state index contributed by atoms with van der Waals surface area (Å²) < 4.78 is 13.5. The summed E-state index contributed by atoms with van der Waals surface area (Å²) in [5, 5.41) is 11.1. The highest BCUT2D eigenvalue weighted by molar-refractivity contribution is 6.31. The molecule has 0 bridgehead atoms. The SMILES string of the molecule is CCC(=O)NC(C(=O)O)c1c(F)cccc1Cl. The number of halogens is 2. The average molecular weight is 260 g/mol. The average Bonchev–Trinajstić information content (AvgIpc) is 2.26. The van der Waals surface area contributed by atoms with Gasteiger partial charge in [0.25, 0.3) is 0 Å². The van der Waals surface area contributed by atoms with Crippen molar-refractivity contribution in [1.82, 2.24) is 5.32 Å². The summed E-state index contributed by atoms with van der Waals surface area (Å²) >= 11 is 5.74. The van der Waals surface area contributed by atoms with Gasteiger partial charge in [-0.3, -0.25) is 4.79 Å². The van der Waals surface area contributed by atoms with E-state index in [0.717, 1.165) is 6.07 Å². The molecule has 0 aliphatic rings. The molecule has 0 spiro atoms. The number of carboxylic acids is 1. The Hall–Kier alpha value is -1.62. The number of rotatable bonds is 4. The van der Waals surface area contributed by atoms with E-state index in [2.05, 4.69) is 5.32 Å². The van der Waals surface area contributed by atoms with E-state index in [4.69, 9.17) is 16.7 Å². The summed E-state index contributed by atoms with van der Waals surface area (Å²) in [6, 6.07) is 2.35. The van der Waals surface area contributed by atoms with Crippen molar-refractivity contribution < 1.29 is 19.1 Å². The fraction of sp³-hybridized carbons (Fsp3) is 0.273. The largest absolute Gasteiger partial charge is 0.479 e. The molecule has 92 valence electrons. The molecule has 2 N–H and O–H groups in total. The molecule has 0 fully saturated rings. The zero-order valence-electron chi connectivity index (χ0n) is 9.04. The summed E-state index contributed by atoms with van der Waals surface area (Å²) in [5.41, 5.74) is -0.233. The highest BCUT2D eigenvalue weighted by atomic mass is 35.5. The van der Waals surface area contributed by atoms with Crippen LogP contribution in [0.5, 0.6) is 0 Å². The fourth-order valence-corrected chi connectivity index (χ4v) is 1.58. The molecule has 1 atom stereocenters. The second-order valence-electron chi connectivity index (χ2n) is 3.33. The highest BCUT2D eigenvalue weighted by Crippen LogP contribution is 2.26. The molecule has 0 aliphatic carbocycles. The molecule has 4 nitrogen and oxygen atoms in total. The molecule has 17 heavy (non-hydrogen) atoms. The number of aliphatic carboxylic acids is 1. The number of benzene rings is 1. The van der Waals surface area contributed by atoms with Crippen molar-refractivity contribution in [3.63, 3.8) is 0 Å². The van der Waals surface area contributed by atoms with Gasteiger partial charge in [-0.15, -0.1) is 0 Å². The van der Waals surface area contributed by atoms with E-state index >= 15 is 0 Å². The third-order valence-corrected chi connectivity index (χ3v) is 2.49. The summed E-state index contributed by atoms with van der Waals surface area (Å²) in [4.78, 5) is 22.2. The minimum Gasteiger partial charge on any atom is -0.479 e. The predicted molar refractivity (Wildman–Crippen MR) is 60.2 cm³/mol. The van der Waals surface area contributed by atoms with Gasteiger partial charge >= 0.3 is 5.97 Å². The standard InChI is InChI=1S/C11H11ClFNO3/c1-2-8(15)14-10(11(16)17)9-6(12)4-3-5-7(9)13/h3-5,10H,2H2,1H3,(H,14,15)(H,16,17). The number of nitrogens with one attached hydrogen (secondary N) is 1. The minimum atomic E-state index is -1.48. The lowest BCUT2D eigenvalue weighted by atomic mass is 10.1. The van der Waals surface area contributed by atoms with Crippen molar-refractivity contribution >= 4 is 23.5 Å². The molecule has 0 saturated heterocycles. The highest BCUT2D eigenvalue weighted by Gasteiger charge is 2.26. The fourth-order valence-electron chi connectivity index (χ4n) is 1.31. The Kier molecular flexibility index (Phi) is 4.45. The van der Waals surface area contributed by atoms with E-state index in [1.807, 2.05) is 0 Å². The molecule has 1 unspecified atom stereocenters. The van der Waals surface area contributed by atoms with Gasteiger partial charge in [-0.2, -0.15) is 0 Å². The molecule has 0 aromatic heterocycles. The molecule has 1 aromatic carbocycles. The number of amides is 1. The molecule has 1 rings (SSSR count). The first-order chi connectivity index (χ1) is 7.97. The van der Waals surface area contributed by atoms with Gasteiger partial charge in [-0.05, 0) is 12.1 Å². The van der Waals surface area contributed by atoms with E-state index in [0.29, 0.717) is 0 Å². The molecule has 0 aliphatic heterocycles. The van der Waals surface area contributed by atoms with Crippen molar-refractivity contribution in [2.75, 3.05) is 0 Å². The summed E-state index contributed by atoms with van der Waals surface area (Å²) in [7, 11) is 0. The summed E-state index contributed by atoms with van der Waals surface area (Å²) in [6.45, 7) is 1.57. The zero-order chi connectivity index (χ0) is 13.0. The van der Waals surface area contributed by atoms with Crippen molar-refractivity contribution in [2.24, 2.45) is 0 Å². The van der Waals surface area contributed by atoms with Gasteiger partial charge in [-0.25, -0.2) is 9.18 Å². The van der Waals surface area contributed by atoms with Crippen LogP contribution in [0.15, 0.2) is 18.2 Å². The molecule has 0 radical (unpaired) electrons. The number of hydrogen-bond acceptors (Lipinski definition) is 2. The van der Waals surface area contributed by atoms with Crippen LogP contribution in [0.3, 0.4) is 0 Å². The van der Waals surface area contributed by atoms with E-state index < -0.39 is 23.7 Å². The third-order valence-electron chi connectivity index (χ3n) is 2.16. The lowest BCUT2D eigenvalue weighted by Gasteiger charge is -2.16. The van der Waals surface area contributed by atoms with Crippen molar-refractivity contribution in [2.45, 2.75) is 19.4 Å². The molecule has 0 saturated carbocycles. The first-order valence-corrected chi connectivity index (χ1v) is 5.31. The lowest BCUT2D eigenvalue weighted by molar-refractivity contribution is -0.142. The smallest absolute Gasteiger partial charge is 0.331 e. The van der Waals surface area contributed by atoms with Crippen LogP contribution in [0.4, 0.5) is 4.39 Å². The van der Waals surface area contributed by atoms with Gasteiger partial charge in [0.05, 0.1) is 0 Å². The van der Waals surface area contributed by atoms with Gasteiger partial charge in [0.1, 0.15) is 5.82 Å². The maximum atomic E-state index is 13.5. The second kappa shape index (κ2) is 5.63. The van der Waals surface area contributed by atoms with Gasteiger partial charge in [0.2, 0.25) is 5.91 Å². The van der Waals surface area contributed by atoms with Gasteiger partial charge < -0.3 is 10.4 Å². The topological polar surface area (TPSA) is 66.4 Å². The number of carbonyl (C=O) groups excluding carboxylic acids is 1. The Bertz CT molecular complexity index is 430. The van der Waals surface area contributed by atoms with Crippen molar-refractivity contribution in [3.8, 4) is 0 Å². The van der Waals surface area contributed by atoms with Gasteiger partial charge in [0.15, 0.2) is 6.04 Å². The molecule has 1 amide bonds. The van der Waals surface area contributed by atoms with E-state index in [9.17, 15) is 14.0 Å². The van der Waals surface area contributed by atoms with Gasteiger partial charge in [-0.1, -0.05) is 24.6 Å². The van der Waals surface area contributed by atoms with Crippen LogP contribution in [0.25, 0.3) is 0 Å².